The Morgan fingerprint density at radius 3 is 2.85 bits per heavy atom. The van der Waals surface area contributed by atoms with Gasteiger partial charge in [0.2, 0.25) is 0 Å². The van der Waals surface area contributed by atoms with Crippen LogP contribution in [0, 0.1) is 18.3 Å². The van der Waals surface area contributed by atoms with Crippen molar-refractivity contribution in [3.63, 3.8) is 0 Å². The lowest BCUT2D eigenvalue weighted by Crippen LogP contribution is -2.31. The molecule has 0 spiro atoms. The van der Waals surface area contributed by atoms with E-state index < -0.39 is 11.4 Å². The minimum atomic E-state index is -0.685. The number of hydrogen-bond acceptors (Lipinski definition) is 3. The van der Waals surface area contributed by atoms with E-state index in [0.717, 1.165) is 42.8 Å². The fourth-order valence-electron chi connectivity index (χ4n) is 3.27. The number of methoxy groups -OCH3 is 1. The van der Waals surface area contributed by atoms with Crippen molar-refractivity contribution in [1.29, 1.82) is 0 Å². The summed E-state index contributed by atoms with van der Waals surface area (Å²) in [4.78, 5) is 16.2. The summed E-state index contributed by atoms with van der Waals surface area (Å²) >= 11 is 0. The molecule has 4 heteroatoms. The van der Waals surface area contributed by atoms with Crippen LogP contribution in [-0.2, 0) is 11.2 Å². The molecule has 1 aromatic rings. The second kappa shape index (κ2) is 5.81. The highest BCUT2D eigenvalue weighted by molar-refractivity contribution is 5.75. The molecular weight excluding hydrogens is 254 g/mol. The summed E-state index contributed by atoms with van der Waals surface area (Å²) in [5.74, 6) is 0.589. The number of aryl methyl sites for hydroxylation is 1. The van der Waals surface area contributed by atoms with Crippen molar-refractivity contribution in [3.8, 4) is 5.75 Å². The van der Waals surface area contributed by atoms with Gasteiger partial charge in [0.15, 0.2) is 0 Å². The average Bonchev–Trinajstić information content (AvgIpc) is 2.82. The molecule has 0 radical (unpaired) electrons. The quantitative estimate of drug-likeness (QED) is 0.897. The minimum Gasteiger partial charge on any atom is -0.497 e. The molecule has 0 bridgehead atoms. The lowest BCUT2D eigenvalue weighted by Gasteiger charge is -2.24. The fraction of sp³-hybridized carbons (Fsp3) is 0.625. The summed E-state index contributed by atoms with van der Waals surface area (Å²) in [5, 5.41) is 9.68. The number of pyridine rings is 1. The topological polar surface area (TPSA) is 59.4 Å². The molecule has 1 saturated carbocycles. The lowest BCUT2D eigenvalue weighted by atomic mass is 9.80. The first-order chi connectivity index (χ1) is 9.49. The Kier molecular flexibility index (Phi) is 4.31. The van der Waals surface area contributed by atoms with Gasteiger partial charge in [-0.2, -0.15) is 0 Å². The number of nitrogens with zero attached hydrogens (tertiary/aromatic N) is 1. The molecule has 110 valence electrons. The van der Waals surface area contributed by atoms with Crippen LogP contribution in [0.5, 0.6) is 5.75 Å². The molecule has 0 aromatic carbocycles. The Bertz CT molecular complexity index is 500. The van der Waals surface area contributed by atoms with Crippen molar-refractivity contribution in [3.05, 3.63) is 23.5 Å². The Morgan fingerprint density at radius 2 is 2.30 bits per heavy atom. The first-order valence-electron chi connectivity index (χ1n) is 7.24. The zero-order valence-electron chi connectivity index (χ0n) is 12.5. The summed E-state index contributed by atoms with van der Waals surface area (Å²) in [6, 6.07) is 3.72. The van der Waals surface area contributed by atoms with Gasteiger partial charge in [0.1, 0.15) is 5.75 Å². The summed E-state index contributed by atoms with van der Waals surface area (Å²) in [5.41, 5.74) is 1.04. The van der Waals surface area contributed by atoms with Gasteiger partial charge < -0.3 is 9.84 Å². The first-order valence-corrected chi connectivity index (χ1v) is 7.24. The van der Waals surface area contributed by atoms with Gasteiger partial charge in [-0.15, -0.1) is 0 Å². The van der Waals surface area contributed by atoms with Crippen LogP contribution in [0.3, 0.4) is 0 Å². The highest BCUT2D eigenvalue weighted by Gasteiger charge is 2.45. The molecule has 1 N–H and O–H groups in total. The second-order valence-corrected chi connectivity index (χ2v) is 5.92. The smallest absolute Gasteiger partial charge is 0.310 e. The van der Waals surface area contributed by atoms with E-state index in [2.05, 4.69) is 11.9 Å². The largest absolute Gasteiger partial charge is 0.497 e. The maximum atomic E-state index is 11.8. The standard InChI is InChI=1S/C16H23NO3/c1-4-12-5-6-16(9-12,15(18)19)10-13-8-14(20-3)7-11(2)17-13/h7-8,12H,4-6,9-10H2,1-3H3,(H,18,19). The van der Waals surface area contributed by atoms with E-state index in [-0.39, 0.29) is 0 Å². The molecule has 2 unspecified atom stereocenters. The number of aromatic nitrogens is 1. The van der Waals surface area contributed by atoms with Gasteiger partial charge in [-0.1, -0.05) is 13.3 Å². The number of hydrogen-bond donors (Lipinski definition) is 1. The van der Waals surface area contributed by atoms with Crippen molar-refractivity contribution in [2.24, 2.45) is 11.3 Å². The monoisotopic (exact) mass is 277 g/mol. The van der Waals surface area contributed by atoms with E-state index in [1.807, 2.05) is 19.1 Å². The van der Waals surface area contributed by atoms with E-state index in [4.69, 9.17) is 4.74 Å². The third-order valence-corrected chi connectivity index (χ3v) is 4.48. The van der Waals surface area contributed by atoms with Gasteiger partial charge in [-0.3, -0.25) is 9.78 Å². The maximum absolute atomic E-state index is 11.8. The minimum absolute atomic E-state index is 0.497. The van der Waals surface area contributed by atoms with Gasteiger partial charge in [-0.25, -0.2) is 0 Å². The van der Waals surface area contributed by atoms with Crippen LogP contribution < -0.4 is 4.74 Å². The number of ether oxygens (including phenoxy) is 1. The van der Waals surface area contributed by atoms with Crippen LogP contribution in [0.25, 0.3) is 0 Å². The molecule has 2 rings (SSSR count). The van der Waals surface area contributed by atoms with Crippen LogP contribution in [0.15, 0.2) is 12.1 Å². The molecule has 0 amide bonds. The SMILES string of the molecule is CCC1CCC(Cc2cc(OC)cc(C)n2)(C(=O)O)C1. The fourth-order valence-corrected chi connectivity index (χ4v) is 3.27. The third-order valence-electron chi connectivity index (χ3n) is 4.48. The van der Waals surface area contributed by atoms with Crippen LogP contribution in [-0.4, -0.2) is 23.2 Å². The van der Waals surface area contributed by atoms with Gasteiger partial charge >= 0.3 is 5.97 Å². The van der Waals surface area contributed by atoms with Crippen LogP contribution in [0.4, 0.5) is 0 Å². The van der Waals surface area contributed by atoms with E-state index in [0.29, 0.717) is 12.3 Å². The van der Waals surface area contributed by atoms with E-state index in [9.17, 15) is 9.90 Å². The number of rotatable bonds is 5. The number of carboxylic acid groups (broad SMARTS) is 1. The molecular formula is C16H23NO3. The van der Waals surface area contributed by atoms with Crippen molar-refractivity contribution in [2.75, 3.05) is 7.11 Å². The predicted octanol–water partition coefficient (Wildman–Crippen LogP) is 3.22. The molecule has 2 atom stereocenters. The van der Waals surface area contributed by atoms with Crippen molar-refractivity contribution in [1.82, 2.24) is 4.98 Å². The Morgan fingerprint density at radius 1 is 1.55 bits per heavy atom. The molecule has 0 saturated heterocycles. The highest BCUT2D eigenvalue weighted by atomic mass is 16.5. The van der Waals surface area contributed by atoms with E-state index in [1.54, 1.807) is 7.11 Å². The summed E-state index contributed by atoms with van der Waals surface area (Å²) < 4.78 is 5.25. The van der Waals surface area contributed by atoms with Gasteiger partial charge in [-0.05, 0) is 32.1 Å². The van der Waals surface area contributed by atoms with Crippen LogP contribution in [0.1, 0.15) is 44.0 Å². The van der Waals surface area contributed by atoms with Crippen LogP contribution in [0.2, 0.25) is 0 Å². The van der Waals surface area contributed by atoms with Gasteiger partial charge in [0.05, 0.1) is 12.5 Å². The average molecular weight is 277 g/mol. The maximum Gasteiger partial charge on any atom is 0.310 e. The number of aliphatic carboxylic acids is 1. The third kappa shape index (κ3) is 2.94. The normalized spacial score (nSPS) is 25.6. The zero-order chi connectivity index (χ0) is 14.8. The van der Waals surface area contributed by atoms with Crippen molar-refractivity contribution in [2.45, 2.75) is 46.0 Å². The molecule has 0 aliphatic heterocycles. The Labute approximate surface area is 120 Å². The summed E-state index contributed by atoms with van der Waals surface area (Å²) in [7, 11) is 1.62. The Balaban J connectivity index is 2.25. The summed E-state index contributed by atoms with van der Waals surface area (Å²) in [6.45, 7) is 4.04. The van der Waals surface area contributed by atoms with Crippen molar-refractivity contribution < 1.29 is 14.6 Å². The second-order valence-electron chi connectivity index (χ2n) is 5.92. The first kappa shape index (κ1) is 14.8. The molecule has 20 heavy (non-hydrogen) atoms. The number of carbonyl (C=O) groups is 1. The van der Waals surface area contributed by atoms with Crippen LogP contribution >= 0.6 is 0 Å². The molecule has 1 heterocycles. The molecule has 1 aliphatic carbocycles. The Hall–Kier alpha value is -1.58. The lowest BCUT2D eigenvalue weighted by molar-refractivity contribution is -0.148. The van der Waals surface area contributed by atoms with Gasteiger partial charge in [0, 0.05) is 29.9 Å². The van der Waals surface area contributed by atoms with Crippen molar-refractivity contribution >= 4 is 5.97 Å². The number of carboxylic acids is 1. The molecule has 1 aliphatic rings. The zero-order valence-corrected chi connectivity index (χ0v) is 12.5. The van der Waals surface area contributed by atoms with E-state index in [1.165, 1.54) is 0 Å². The highest BCUT2D eigenvalue weighted by Crippen LogP contribution is 2.45. The molecule has 1 aromatic heterocycles. The van der Waals surface area contributed by atoms with Gasteiger partial charge in [0.25, 0.3) is 0 Å². The van der Waals surface area contributed by atoms with E-state index >= 15 is 0 Å². The summed E-state index contributed by atoms with van der Waals surface area (Å²) in [6.07, 6.45) is 4.07. The predicted molar refractivity (Wildman–Crippen MR) is 76.9 cm³/mol. The molecule has 1 fully saturated rings. The molecule has 4 nitrogen and oxygen atoms in total.